The average molecular weight is 251 g/mol. The molecular formula is C13H14FNO3. The molecule has 5 heteroatoms. The Hall–Kier alpha value is -2.17. The van der Waals surface area contributed by atoms with Gasteiger partial charge in [-0.2, -0.15) is 0 Å². The van der Waals surface area contributed by atoms with E-state index in [2.05, 4.69) is 5.32 Å². The first-order valence-electron chi connectivity index (χ1n) is 5.31. The number of carboxylic acids is 1. The Morgan fingerprint density at radius 3 is 2.39 bits per heavy atom. The fourth-order valence-electron chi connectivity index (χ4n) is 1.28. The van der Waals surface area contributed by atoms with Gasteiger partial charge >= 0.3 is 5.97 Å². The van der Waals surface area contributed by atoms with E-state index >= 15 is 0 Å². The van der Waals surface area contributed by atoms with Crippen molar-refractivity contribution in [3.8, 4) is 0 Å². The Balaban J connectivity index is 2.98. The van der Waals surface area contributed by atoms with Crippen LogP contribution in [0.2, 0.25) is 0 Å². The summed E-state index contributed by atoms with van der Waals surface area (Å²) in [6.45, 7) is 4.47. The Bertz CT molecular complexity index is 535. The van der Waals surface area contributed by atoms with Gasteiger partial charge < -0.3 is 10.4 Å². The summed E-state index contributed by atoms with van der Waals surface area (Å²) in [7, 11) is 0. The number of hydrogen-bond donors (Lipinski definition) is 2. The monoisotopic (exact) mass is 251 g/mol. The summed E-state index contributed by atoms with van der Waals surface area (Å²) in [4.78, 5) is 22.5. The number of carboxylic acid groups (broad SMARTS) is 1. The van der Waals surface area contributed by atoms with Crippen molar-refractivity contribution < 1.29 is 19.1 Å². The summed E-state index contributed by atoms with van der Waals surface area (Å²) in [6.07, 6.45) is 0. The maximum absolute atomic E-state index is 13.0. The number of rotatable bonds is 3. The van der Waals surface area contributed by atoms with Gasteiger partial charge in [-0.1, -0.05) is 6.07 Å². The second-order valence-electron chi connectivity index (χ2n) is 3.97. The second kappa shape index (κ2) is 5.44. The molecule has 0 bridgehead atoms. The molecule has 1 amide bonds. The van der Waals surface area contributed by atoms with Gasteiger partial charge in [0.05, 0.1) is 0 Å². The van der Waals surface area contributed by atoms with E-state index in [9.17, 15) is 14.0 Å². The second-order valence-corrected chi connectivity index (χ2v) is 3.97. The molecule has 0 aromatic heterocycles. The van der Waals surface area contributed by atoms with Crippen LogP contribution in [-0.4, -0.2) is 17.0 Å². The number of carbonyl (C=O) groups is 2. The summed E-state index contributed by atoms with van der Waals surface area (Å²) < 4.78 is 13.0. The quantitative estimate of drug-likeness (QED) is 0.811. The Labute approximate surface area is 104 Å². The fraction of sp³-hybridized carbons (Fsp3) is 0.231. The van der Waals surface area contributed by atoms with Gasteiger partial charge in [-0.25, -0.2) is 9.18 Å². The highest BCUT2D eigenvalue weighted by atomic mass is 19.1. The highest BCUT2D eigenvalue weighted by molar-refractivity contribution is 6.08. The van der Waals surface area contributed by atoms with Crippen LogP contribution in [0.1, 0.15) is 19.4 Å². The molecular weight excluding hydrogens is 237 g/mol. The SMILES string of the molecule is C/C(C(=O)O)=C(\C)C(=O)Nc1cc(F)ccc1C. The van der Waals surface area contributed by atoms with Crippen LogP contribution in [0.4, 0.5) is 10.1 Å². The lowest BCUT2D eigenvalue weighted by atomic mass is 10.1. The number of amides is 1. The van der Waals surface area contributed by atoms with Gasteiger partial charge in [0.2, 0.25) is 0 Å². The van der Waals surface area contributed by atoms with Crippen molar-refractivity contribution in [2.75, 3.05) is 5.32 Å². The minimum absolute atomic E-state index is 0.0402. The lowest BCUT2D eigenvalue weighted by Crippen LogP contribution is -2.17. The van der Waals surface area contributed by atoms with Crippen molar-refractivity contribution >= 4 is 17.6 Å². The molecule has 1 aromatic carbocycles. The van der Waals surface area contributed by atoms with E-state index in [0.717, 1.165) is 0 Å². The molecule has 0 saturated carbocycles. The van der Waals surface area contributed by atoms with Crippen LogP contribution < -0.4 is 5.32 Å². The van der Waals surface area contributed by atoms with Gasteiger partial charge in [0.1, 0.15) is 5.82 Å². The standard InChI is InChI=1S/C13H14FNO3/c1-7-4-5-10(14)6-11(7)15-12(16)8(2)9(3)13(17)18/h4-6H,1-3H3,(H,15,16)(H,17,18)/b9-8-. The first-order valence-corrected chi connectivity index (χ1v) is 5.31. The van der Waals surface area contributed by atoms with Crippen LogP contribution in [0.3, 0.4) is 0 Å². The van der Waals surface area contributed by atoms with Gasteiger partial charge in [0.15, 0.2) is 0 Å². The van der Waals surface area contributed by atoms with Gasteiger partial charge in [0.25, 0.3) is 5.91 Å². The lowest BCUT2D eigenvalue weighted by Gasteiger charge is -2.09. The highest BCUT2D eigenvalue weighted by Gasteiger charge is 2.13. The Morgan fingerprint density at radius 1 is 1.22 bits per heavy atom. The van der Waals surface area contributed by atoms with E-state index in [4.69, 9.17) is 5.11 Å². The third-order valence-electron chi connectivity index (χ3n) is 2.67. The van der Waals surface area contributed by atoms with E-state index in [1.54, 1.807) is 6.92 Å². The van der Waals surface area contributed by atoms with Gasteiger partial charge in [-0.05, 0) is 38.5 Å². The van der Waals surface area contributed by atoms with Crippen LogP contribution in [-0.2, 0) is 9.59 Å². The van der Waals surface area contributed by atoms with Crippen molar-refractivity contribution in [2.45, 2.75) is 20.8 Å². The summed E-state index contributed by atoms with van der Waals surface area (Å²) >= 11 is 0. The normalized spacial score (nSPS) is 11.8. The maximum atomic E-state index is 13.0. The molecule has 0 aliphatic carbocycles. The third-order valence-corrected chi connectivity index (χ3v) is 2.67. The maximum Gasteiger partial charge on any atom is 0.331 e. The van der Waals surface area contributed by atoms with E-state index in [1.165, 1.54) is 32.0 Å². The van der Waals surface area contributed by atoms with Crippen LogP contribution in [0.25, 0.3) is 0 Å². The zero-order chi connectivity index (χ0) is 13.9. The number of halogens is 1. The number of nitrogens with one attached hydrogen (secondary N) is 1. The molecule has 0 heterocycles. The summed E-state index contributed by atoms with van der Waals surface area (Å²) in [5.74, 6) is -2.17. The van der Waals surface area contributed by atoms with Gasteiger partial charge in [-0.3, -0.25) is 4.79 Å². The number of aliphatic carboxylic acids is 1. The molecule has 0 fully saturated rings. The van der Waals surface area contributed by atoms with E-state index in [-0.39, 0.29) is 11.1 Å². The lowest BCUT2D eigenvalue weighted by molar-refractivity contribution is -0.133. The molecule has 0 aliphatic rings. The fourth-order valence-corrected chi connectivity index (χ4v) is 1.28. The minimum Gasteiger partial charge on any atom is -0.478 e. The van der Waals surface area contributed by atoms with Crippen molar-refractivity contribution in [2.24, 2.45) is 0 Å². The van der Waals surface area contributed by atoms with E-state index in [1.807, 2.05) is 0 Å². The molecule has 1 aromatic rings. The molecule has 1 rings (SSSR count). The first-order chi connectivity index (χ1) is 8.32. The van der Waals surface area contributed by atoms with Crippen molar-refractivity contribution in [3.63, 3.8) is 0 Å². The summed E-state index contributed by atoms with van der Waals surface area (Å²) in [6, 6.07) is 4.01. The molecule has 4 nitrogen and oxygen atoms in total. The highest BCUT2D eigenvalue weighted by Crippen LogP contribution is 2.17. The number of anilines is 1. The van der Waals surface area contributed by atoms with Crippen molar-refractivity contribution in [1.82, 2.24) is 0 Å². The van der Waals surface area contributed by atoms with Crippen LogP contribution >= 0.6 is 0 Å². The van der Waals surface area contributed by atoms with Gasteiger partial charge in [-0.15, -0.1) is 0 Å². The van der Waals surface area contributed by atoms with Crippen LogP contribution in [0.5, 0.6) is 0 Å². The van der Waals surface area contributed by atoms with Crippen LogP contribution in [0, 0.1) is 12.7 Å². The smallest absolute Gasteiger partial charge is 0.331 e. The third kappa shape index (κ3) is 3.16. The summed E-state index contributed by atoms with van der Waals surface area (Å²) in [5, 5.41) is 11.3. The Morgan fingerprint density at radius 2 is 1.83 bits per heavy atom. The molecule has 0 spiro atoms. The molecule has 96 valence electrons. The molecule has 18 heavy (non-hydrogen) atoms. The molecule has 0 radical (unpaired) electrons. The van der Waals surface area contributed by atoms with Crippen LogP contribution in [0.15, 0.2) is 29.3 Å². The number of carbonyl (C=O) groups excluding carboxylic acids is 1. The van der Waals surface area contributed by atoms with E-state index < -0.39 is 17.7 Å². The van der Waals surface area contributed by atoms with Gasteiger partial charge in [0, 0.05) is 16.8 Å². The molecule has 0 aliphatic heterocycles. The molecule has 0 saturated heterocycles. The first kappa shape index (κ1) is 13.9. The summed E-state index contributed by atoms with van der Waals surface area (Å²) in [5.41, 5.74) is 1.08. The largest absolute Gasteiger partial charge is 0.478 e. The minimum atomic E-state index is -1.15. The zero-order valence-corrected chi connectivity index (χ0v) is 10.4. The molecule has 0 atom stereocenters. The van der Waals surface area contributed by atoms with E-state index in [0.29, 0.717) is 11.3 Å². The Kier molecular flexibility index (Phi) is 4.20. The average Bonchev–Trinajstić information content (AvgIpc) is 2.31. The number of hydrogen-bond acceptors (Lipinski definition) is 2. The van der Waals surface area contributed by atoms with Crippen molar-refractivity contribution in [1.29, 1.82) is 0 Å². The topological polar surface area (TPSA) is 66.4 Å². The molecule has 0 unspecified atom stereocenters. The number of benzene rings is 1. The van der Waals surface area contributed by atoms with Crippen molar-refractivity contribution in [3.05, 3.63) is 40.7 Å². The molecule has 2 N–H and O–H groups in total. The predicted molar refractivity (Wildman–Crippen MR) is 65.8 cm³/mol. The predicted octanol–water partition coefficient (Wildman–Crippen LogP) is 2.49. The zero-order valence-electron chi connectivity index (χ0n) is 10.4. The number of aryl methyl sites for hydroxylation is 1.